The maximum atomic E-state index is 13.1. The third kappa shape index (κ3) is 3.17. The Bertz CT molecular complexity index is 1230. The lowest BCUT2D eigenvalue weighted by atomic mass is 9.88. The van der Waals surface area contributed by atoms with Crippen LogP contribution < -0.4 is 15.4 Å². The normalized spacial score (nSPS) is 19.5. The molecule has 0 unspecified atom stereocenters. The predicted octanol–water partition coefficient (Wildman–Crippen LogP) is 2.45. The van der Waals surface area contributed by atoms with E-state index in [0.29, 0.717) is 23.4 Å². The fraction of sp³-hybridized carbons (Fsp3) is 0.167. The first-order valence-corrected chi connectivity index (χ1v) is 10.1. The molecule has 0 aliphatic carbocycles. The van der Waals surface area contributed by atoms with E-state index in [1.165, 1.54) is 0 Å². The van der Waals surface area contributed by atoms with Gasteiger partial charge >= 0.3 is 6.03 Å². The number of pyridine rings is 1. The van der Waals surface area contributed by atoms with Crippen molar-refractivity contribution in [3.05, 3.63) is 83.7 Å². The average molecular weight is 428 g/mol. The molecule has 2 aliphatic heterocycles. The topological polar surface area (TPSA) is 101 Å². The number of aromatic nitrogens is 1. The molecule has 3 aromatic rings. The second kappa shape index (κ2) is 7.49. The summed E-state index contributed by atoms with van der Waals surface area (Å²) in [6.07, 6.45) is 3.45. The molecule has 3 heterocycles. The van der Waals surface area contributed by atoms with Crippen molar-refractivity contribution in [2.24, 2.45) is 0 Å². The Hall–Kier alpha value is -4.20. The predicted molar refractivity (Wildman–Crippen MR) is 116 cm³/mol. The van der Waals surface area contributed by atoms with Crippen LogP contribution in [0.5, 0.6) is 5.75 Å². The summed E-state index contributed by atoms with van der Waals surface area (Å²) >= 11 is 0. The number of amides is 4. The number of benzene rings is 2. The van der Waals surface area contributed by atoms with Crippen molar-refractivity contribution in [3.8, 4) is 16.9 Å². The summed E-state index contributed by atoms with van der Waals surface area (Å²) in [4.78, 5) is 43.9. The minimum absolute atomic E-state index is 0.00659. The first kappa shape index (κ1) is 19.7. The number of rotatable bonds is 5. The summed E-state index contributed by atoms with van der Waals surface area (Å²) in [5.74, 6) is -0.108. The molecule has 4 amide bonds. The Kier molecular flexibility index (Phi) is 4.62. The number of urea groups is 1. The summed E-state index contributed by atoms with van der Waals surface area (Å²) in [5.41, 5.74) is 2.46. The number of carbonyl (C=O) groups excluding carboxylic acids is 3. The molecule has 160 valence electrons. The molecule has 0 spiro atoms. The molecule has 32 heavy (non-hydrogen) atoms. The molecular formula is C24H20N4O4. The highest BCUT2D eigenvalue weighted by atomic mass is 16.5. The summed E-state index contributed by atoms with van der Waals surface area (Å²) in [6.45, 7) is 0.351. The minimum atomic E-state index is -1.38. The molecule has 5 rings (SSSR count). The van der Waals surface area contributed by atoms with E-state index in [4.69, 9.17) is 4.74 Å². The van der Waals surface area contributed by atoms with Gasteiger partial charge in [0.2, 0.25) is 0 Å². The average Bonchev–Trinajstić information content (AvgIpc) is 3.29. The van der Waals surface area contributed by atoms with E-state index in [0.717, 1.165) is 16.7 Å². The van der Waals surface area contributed by atoms with Crippen molar-refractivity contribution in [1.29, 1.82) is 0 Å². The van der Waals surface area contributed by atoms with Gasteiger partial charge in [0.15, 0.2) is 5.54 Å². The van der Waals surface area contributed by atoms with Crippen molar-refractivity contribution >= 4 is 17.8 Å². The third-order valence-electron chi connectivity index (χ3n) is 5.94. The lowest BCUT2D eigenvalue weighted by Crippen LogP contribution is -2.52. The van der Waals surface area contributed by atoms with Gasteiger partial charge in [-0.15, -0.1) is 0 Å². The van der Waals surface area contributed by atoms with Crippen LogP contribution >= 0.6 is 0 Å². The van der Waals surface area contributed by atoms with Crippen LogP contribution in [-0.2, 0) is 16.9 Å². The molecule has 1 aromatic heterocycles. The van der Waals surface area contributed by atoms with E-state index in [1.54, 1.807) is 48.7 Å². The van der Waals surface area contributed by atoms with Crippen molar-refractivity contribution < 1.29 is 19.1 Å². The molecule has 8 heteroatoms. The van der Waals surface area contributed by atoms with E-state index < -0.39 is 17.5 Å². The SMILES string of the molecule is COc1ccc2c(c1)C(=O)N(C[C@@]1(c3ccc(-c4cccnc4)cc3)NC(=O)NC1=O)C2. The van der Waals surface area contributed by atoms with Gasteiger partial charge in [-0.25, -0.2) is 4.79 Å². The standard InChI is InChI=1S/C24H20N4O4/c1-32-19-9-6-17-13-28(21(29)20(17)11-19)14-24(22(30)26-23(31)27-24)18-7-4-15(5-8-18)16-3-2-10-25-12-16/h2-12H,13-14H2,1H3,(H2,26,27,30,31)/t24-/m0/s1. The minimum Gasteiger partial charge on any atom is -0.497 e. The number of ether oxygens (including phenoxy) is 1. The van der Waals surface area contributed by atoms with E-state index >= 15 is 0 Å². The van der Waals surface area contributed by atoms with Gasteiger partial charge in [-0.3, -0.25) is 19.9 Å². The van der Waals surface area contributed by atoms with Crippen LogP contribution in [0.2, 0.25) is 0 Å². The van der Waals surface area contributed by atoms with Gasteiger partial charge in [0.1, 0.15) is 5.75 Å². The lowest BCUT2D eigenvalue weighted by Gasteiger charge is -2.31. The number of hydrogen-bond donors (Lipinski definition) is 2. The zero-order valence-corrected chi connectivity index (χ0v) is 17.3. The fourth-order valence-electron chi connectivity index (χ4n) is 4.26. The summed E-state index contributed by atoms with van der Waals surface area (Å²) in [7, 11) is 1.54. The number of nitrogens with one attached hydrogen (secondary N) is 2. The van der Waals surface area contributed by atoms with E-state index in [9.17, 15) is 14.4 Å². The van der Waals surface area contributed by atoms with Crippen LogP contribution in [-0.4, -0.2) is 41.4 Å². The summed E-state index contributed by atoms with van der Waals surface area (Å²) in [5, 5.41) is 5.08. The number of hydrogen-bond acceptors (Lipinski definition) is 5. The smallest absolute Gasteiger partial charge is 0.322 e. The molecule has 1 saturated heterocycles. The Labute approximate surface area is 184 Å². The largest absolute Gasteiger partial charge is 0.497 e. The van der Waals surface area contributed by atoms with Crippen molar-refractivity contribution in [3.63, 3.8) is 0 Å². The quantitative estimate of drug-likeness (QED) is 0.608. The van der Waals surface area contributed by atoms with Crippen molar-refractivity contribution in [1.82, 2.24) is 20.5 Å². The third-order valence-corrected chi connectivity index (χ3v) is 5.94. The van der Waals surface area contributed by atoms with E-state index in [2.05, 4.69) is 15.6 Å². The maximum Gasteiger partial charge on any atom is 0.322 e. The van der Waals surface area contributed by atoms with Gasteiger partial charge in [0.25, 0.3) is 11.8 Å². The van der Waals surface area contributed by atoms with E-state index in [-0.39, 0.29) is 12.5 Å². The monoisotopic (exact) mass is 428 g/mol. The lowest BCUT2D eigenvalue weighted by molar-refractivity contribution is -0.124. The number of fused-ring (bicyclic) bond motifs is 1. The Morgan fingerprint density at radius 2 is 1.88 bits per heavy atom. The fourth-order valence-corrected chi connectivity index (χ4v) is 4.26. The Balaban J connectivity index is 1.48. The number of methoxy groups -OCH3 is 1. The zero-order valence-electron chi connectivity index (χ0n) is 17.3. The molecule has 0 radical (unpaired) electrons. The Morgan fingerprint density at radius 1 is 1.06 bits per heavy atom. The van der Waals surface area contributed by atoms with Crippen LogP contribution in [0, 0.1) is 0 Å². The first-order valence-electron chi connectivity index (χ1n) is 10.1. The number of nitrogens with zero attached hydrogens (tertiary/aromatic N) is 2. The van der Waals surface area contributed by atoms with Gasteiger partial charge in [-0.1, -0.05) is 36.4 Å². The summed E-state index contributed by atoms with van der Waals surface area (Å²) < 4.78 is 5.23. The first-order chi connectivity index (χ1) is 15.5. The molecule has 0 saturated carbocycles. The molecule has 2 N–H and O–H groups in total. The molecule has 8 nitrogen and oxygen atoms in total. The Morgan fingerprint density at radius 3 is 2.53 bits per heavy atom. The summed E-state index contributed by atoms with van der Waals surface area (Å²) in [6, 6.07) is 15.9. The molecular weight excluding hydrogens is 408 g/mol. The second-order valence-corrected chi connectivity index (χ2v) is 7.82. The van der Waals surface area contributed by atoms with Crippen LogP contribution in [0.1, 0.15) is 21.5 Å². The van der Waals surface area contributed by atoms with Gasteiger partial charge in [0, 0.05) is 24.5 Å². The van der Waals surface area contributed by atoms with Crippen molar-refractivity contribution in [2.75, 3.05) is 13.7 Å². The van der Waals surface area contributed by atoms with Crippen LogP contribution in [0.15, 0.2) is 67.0 Å². The maximum absolute atomic E-state index is 13.1. The van der Waals surface area contributed by atoms with Gasteiger partial charge < -0.3 is 15.0 Å². The highest BCUT2D eigenvalue weighted by Crippen LogP contribution is 2.33. The van der Waals surface area contributed by atoms with Crippen LogP contribution in [0.4, 0.5) is 4.79 Å². The van der Waals surface area contributed by atoms with Crippen LogP contribution in [0.25, 0.3) is 11.1 Å². The number of imide groups is 1. The van der Waals surface area contributed by atoms with E-state index in [1.807, 2.05) is 30.3 Å². The van der Waals surface area contributed by atoms with Crippen LogP contribution in [0.3, 0.4) is 0 Å². The molecule has 2 aromatic carbocycles. The van der Waals surface area contributed by atoms with Gasteiger partial charge in [0.05, 0.1) is 13.7 Å². The highest BCUT2D eigenvalue weighted by molar-refractivity contribution is 6.08. The molecule has 1 fully saturated rings. The highest BCUT2D eigenvalue weighted by Gasteiger charge is 2.50. The molecule has 1 atom stereocenters. The zero-order chi connectivity index (χ0) is 22.3. The molecule has 2 aliphatic rings. The number of carbonyl (C=O) groups is 3. The van der Waals surface area contributed by atoms with Crippen molar-refractivity contribution in [2.45, 2.75) is 12.1 Å². The van der Waals surface area contributed by atoms with Gasteiger partial charge in [-0.2, -0.15) is 0 Å². The van der Waals surface area contributed by atoms with Gasteiger partial charge in [-0.05, 0) is 40.5 Å². The second-order valence-electron chi connectivity index (χ2n) is 7.82. The molecule has 0 bridgehead atoms.